The van der Waals surface area contributed by atoms with Crippen LogP contribution in [0.4, 0.5) is 5.69 Å². The molecule has 0 fully saturated rings. The van der Waals surface area contributed by atoms with E-state index in [9.17, 15) is 0 Å². The summed E-state index contributed by atoms with van der Waals surface area (Å²) in [5, 5.41) is 9.47. The second-order valence-electron chi connectivity index (χ2n) is 2.81. The molecule has 14 heavy (non-hydrogen) atoms. The van der Waals surface area contributed by atoms with Crippen molar-refractivity contribution in [3.8, 4) is 5.88 Å². The van der Waals surface area contributed by atoms with E-state index in [0.29, 0.717) is 16.7 Å². The van der Waals surface area contributed by atoms with Crippen LogP contribution in [0.2, 0.25) is 5.15 Å². The summed E-state index contributed by atoms with van der Waals surface area (Å²) in [6, 6.07) is 5.31. The maximum atomic E-state index is 5.87. The molecular formula is C9H8ClN3O. The summed E-state index contributed by atoms with van der Waals surface area (Å²) in [5.41, 5.74) is 6.29. The fourth-order valence-corrected chi connectivity index (χ4v) is 1.47. The standard InChI is InChI=1S/C9H8ClN3O/c1-14-9-7-4-5(11)2-3-6(7)8(10)12-13-9/h2-4H,11H2,1H3. The Hall–Kier alpha value is -1.55. The lowest BCUT2D eigenvalue weighted by Crippen LogP contribution is -1.94. The van der Waals surface area contributed by atoms with Crippen molar-refractivity contribution in [2.75, 3.05) is 12.8 Å². The van der Waals surface area contributed by atoms with Crippen LogP contribution < -0.4 is 10.5 Å². The number of aromatic nitrogens is 2. The van der Waals surface area contributed by atoms with Gasteiger partial charge in [-0.2, -0.15) is 0 Å². The van der Waals surface area contributed by atoms with Crippen LogP contribution in [-0.2, 0) is 0 Å². The third-order valence-electron chi connectivity index (χ3n) is 1.92. The Morgan fingerprint density at radius 1 is 1.29 bits per heavy atom. The van der Waals surface area contributed by atoms with Crippen molar-refractivity contribution in [3.05, 3.63) is 23.4 Å². The maximum Gasteiger partial charge on any atom is 0.241 e. The Morgan fingerprint density at radius 3 is 2.79 bits per heavy atom. The molecule has 0 radical (unpaired) electrons. The number of ether oxygens (including phenoxy) is 1. The zero-order chi connectivity index (χ0) is 10.1. The Labute approximate surface area is 85.6 Å². The highest BCUT2D eigenvalue weighted by molar-refractivity contribution is 6.34. The first-order valence-electron chi connectivity index (χ1n) is 3.98. The average molecular weight is 210 g/mol. The molecule has 4 nitrogen and oxygen atoms in total. The van der Waals surface area contributed by atoms with Crippen LogP contribution in [0.1, 0.15) is 0 Å². The molecule has 0 aliphatic rings. The van der Waals surface area contributed by atoms with Crippen LogP contribution in [0.5, 0.6) is 5.88 Å². The maximum absolute atomic E-state index is 5.87. The van der Waals surface area contributed by atoms with Gasteiger partial charge in [0.25, 0.3) is 0 Å². The monoisotopic (exact) mass is 209 g/mol. The molecule has 0 bridgehead atoms. The smallest absolute Gasteiger partial charge is 0.241 e. The van der Waals surface area contributed by atoms with E-state index >= 15 is 0 Å². The van der Waals surface area contributed by atoms with Crippen LogP contribution in [0.25, 0.3) is 10.8 Å². The van der Waals surface area contributed by atoms with Gasteiger partial charge in [0.15, 0.2) is 5.15 Å². The molecule has 0 aliphatic heterocycles. The number of anilines is 1. The predicted molar refractivity (Wildman–Crippen MR) is 55.5 cm³/mol. The summed E-state index contributed by atoms with van der Waals surface area (Å²) in [5.74, 6) is 0.428. The van der Waals surface area contributed by atoms with Crippen molar-refractivity contribution in [1.29, 1.82) is 0 Å². The largest absolute Gasteiger partial charge is 0.479 e. The van der Waals surface area contributed by atoms with Crippen LogP contribution in [0.3, 0.4) is 0 Å². The molecule has 0 saturated carbocycles. The van der Waals surface area contributed by atoms with Crippen LogP contribution in [-0.4, -0.2) is 17.3 Å². The van der Waals surface area contributed by atoms with Gasteiger partial charge in [0, 0.05) is 11.1 Å². The number of nitrogen functional groups attached to an aromatic ring is 1. The van der Waals surface area contributed by atoms with Crippen molar-refractivity contribution < 1.29 is 4.74 Å². The molecule has 0 unspecified atom stereocenters. The molecule has 1 heterocycles. The summed E-state index contributed by atoms with van der Waals surface area (Å²) >= 11 is 5.87. The Kier molecular flexibility index (Phi) is 2.13. The predicted octanol–water partition coefficient (Wildman–Crippen LogP) is 1.87. The van der Waals surface area contributed by atoms with Gasteiger partial charge in [-0.15, -0.1) is 10.2 Å². The summed E-state index contributed by atoms with van der Waals surface area (Å²) in [6.45, 7) is 0. The van der Waals surface area contributed by atoms with Gasteiger partial charge in [0.05, 0.1) is 12.5 Å². The number of benzene rings is 1. The van der Waals surface area contributed by atoms with Crippen LogP contribution in [0.15, 0.2) is 18.2 Å². The zero-order valence-corrected chi connectivity index (χ0v) is 8.25. The molecule has 0 amide bonds. The van der Waals surface area contributed by atoms with E-state index in [1.807, 2.05) is 0 Å². The summed E-state index contributed by atoms with van der Waals surface area (Å²) < 4.78 is 5.05. The minimum Gasteiger partial charge on any atom is -0.479 e. The third-order valence-corrected chi connectivity index (χ3v) is 2.20. The van der Waals surface area contributed by atoms with Crippen molar-refractivity contribution >= 4 is 28.1 Å². The lowest BCUT2D eigenvalue weighted by atomic mass is 10.2. The van der Waals surface area contributed by atoms with Crippen molar-refractivity contribution in [2.45, 2.75) is 0 Å². The zero-order valence-electron chi connectivity index (χ0n) is 7.49. The molecule has 72 valence electrons. The number of nitrogens with two attached hydrogens (primary N) is 1. The Bertz CT molecular complexity index is 487. The van der Waals surface area contributed by atoms with Gasteiger partial charge in [-0.1, -0.05) is 11.6 Å². The highest BCUT2D eigenvalue weighted by Gasteiger charge is 2.07. The van der Waals surface area contributed by atoms with Gasteiger partial charge < -0.3 is 10.5 Å². The lowest BCUT2D eigenvalue weighted by molar-refractivity contribution is 0.398. The van der Waals surface area contributed by atoms with Gasteiger partial charge in [0.2, 0.25) is 5.88 Å². The first-order valence-corrected chi connectivity index (χ1v) is 4.35. The minimum absolute atomic E-state index is 0.348. The molecule has 0 spiro atoms. The molecule has 5 heteroatoms. The fraction of sp³-hybridized carbons (Fsp3) is 0.111. The quantitative estimate of drug-likeness (QED) is 0.729. The molecule has 2 N–H and O–H groups in total. The number of fused-ring (bicyclic) bond motifs is 1. The van der Waals surface area contributed by atoms with Crippen LogP contribution in [0, 0.1) is 0 Å². The van der Waals surface area contributed by atoms with Crippen molar-refractivity contribution in [3.63, 3.8) is 0 Å². The lowest BCUT2D eigenvalue weighted by Gasteiger charge is -2.04. The van der Waals surface area contributed by atoms with E-state index in [1.165, 1.54) is 7.11 Å². The van der Waals surface area contributed by atoms with Gasteiger partial charge in [-0.05, 0) is 18.2 Å². The fourth-order valence-electron chi connectivity index (χ4n) is 1.27. The number of methoxy groups -OCH3 is 1. The number of halogens is 1. The highest BCUT2D eigenvalue weighted by Crippen LogP contribution is 2.28. The van der Waals surface area contributed by atoms with Gasteiger partial charge in [-0.25, -0.2) is 0 Å². The van der Waals surface area contributed by atoms with E-state index < -0.39 is 0 Å². The molecular weight excluding hydrogens is 202 g/mol. The van der Waals surface area contributed by atoms with E-state index in [0.717, 1.165) is 10.8 Å². The molecule has 0 aliphatic carbocycles. The summed E-state index contributed by atoms with van der Waals surface area (Å²) in [7, 11) is 1.53. The average Bonchev–Trinajstić information content (AvgIpc) is 2.18. The number of hydrogen-bond donors (Lipinski definition) is 1. The van der Waals surface area contributed by atoms with Crippen molar-refractivity contribution in [2.24, 2.45) is 0 Å². The van der Waals surface area contributed by atoms with E-state index in [-0.39, 0.29) is 0 Å². The normalized spacial score (nSPS) is 10.4. The molecule has 0 saturated heterocycles. The number of rotatable bonds is 1. The second kappa shape index (κ2) is 3.31. The molecule has 1 aromatic carbocycles. The number of hydrogen-bond acceptors (Lipinski definition) is 4. The topological polar surface area (TPSA) is 61.0 Å². The van der Waals surface area contributed by atoms with Crippen LogP contribution >= 0.6 is 11.6 Å². The third kappa shape index (κ3) is 1.33. The van der Waals surface area contributed by atoms with Gasteiger partial charge >= 0.3 is 0 Å². The van der Waals surface area contributed by atoms with Gasteiger partial charge in [0.1, 0.15) is 0 Å². The number of nitrogens with zero attached hydrogens (tertiary/aromatic N) is 2. The first kappa shape index (κ1) is 9.02. The molecule has 2 aromatic rings. The van der Waals surface area contributed by atoms with E-state index in [2.05, 4.69) is 10.2 Å². The molecule has 0 atom stereocenters. The summed E-state index contributed by atoms with van der Waals surface area (Å²) in [4.78, 5) is 0. The SMILES string of the molecule is COc1nnc(Cl)c2ccc(N)cc12. The molecule has 2 rings (SSSR count). The minimum atomic E-state index is 0.348. The van der Waals surface area contributed by atoms with Gasteiger partial charge in [-0.3, -0.25) is 0 Å². The Morgan fingerprint density at radius 2 is 2.07 bits per heavy atom. The summed E-state index contributed by atoms with van der Waals surface area (Å²) in [6.07, 6.45) is 0. The van der Waals surface area contributed by atoms with E-state index in [4.69, 9.17) is 22.1 Å². The van der Waals surface area contributed by atoms with E-state index in [1.54, 1.807) is 18.2 Å². The van der Waals surface area contributed by atoms with Crippen molar-refractivity contribution in [1.82, 2.24) is 10.2 Å². The highest BCUT2D eigenvalue weighted by atomic mass is 35.5. The second-order valence-corrected chi connectivity index (χ2v) is 3.16. The Balaban J connectivity index is 2.85. The molecule has 1 aromatic heterocycles. The first-order chi connectivity index (χ1) is 6.72.